The maximum absolute atomic E-state index is 11.8. The van der Waals surface area contributed by atoms with E-state index in [0.29, 0.717) is 30.0 Å². The first-order valence-electron chi connectivity index (χ1n) is 6.99. The number of hydrogen-bond donors (Lipinski definition) is 0. The van der Waals surface area contributed by atoms with Crippen LogP contribution in [0.25, 0.3) is 11.3 Å². The molecule has 0 N–H and O–H groups in total. The zero-order chi connectivity index (χ0) is 14.8. The number of nitrogens with zero attached hydrogens (tertiary/aromatic N) is 1. The molecule has 0 bridgehead atoms. The van der Waals surface area contributed by atoms with Crippen LogP contribution in [-0.4, -0.2) is 23.3 Å². The minimum Gasteiger partial charge on any atom is -0.462 e. The number of carbonyl (C=O) groups is 2. The molecule has 0 fully saturated rings. The van der Waals surface area contributed by atoms with Crippen LogP contribution in [0.1, 0.15) is 39.8 Å². The second kappa shape index (κ2) is 5.48. The molecule has 0 atom stereocenters. The van der Waals surface area contributed by atoms with E-state index in [2.05, 4.69) is 4.98 Å². The van der Waals surface area contributed by atoms with Gasteiger partial charge in [0.2, 0.25) is 0 Å². The lowest BCUT2D eigenvalue weighted by molar-refractivity contribution is 0.0526. The molecule has 3 rings (SSSR count). The number of aromatic nitrogens is 1. The van der Waals surface area contributed by atoms with Crippen LogP contribution in [0.15, 0.2) is 36.4 Å². The Kier molecular flexibility index (Phi) is 3.52. The fourth-order valence-electron chi connectivity index (χ4n) is 2.48. The van der Waals surface area contributed by atoms with Gasteiger partial charge in [-0.1, -0.05) is 18.2 Å². The van der Waals surface area contributed by atoms with Gasteiger partial charge in [0, 0.05) is 12.0 Å². The summed E-state index contributed by atoms with van der Waals surface area (Å²) in [6.07, 6.45) is 1.30. The van der Waals surface area contributed by atoms with Crippen molar-refractivity contribution in [3.8, 4) is 11.3 Å². The molecule has 1 heterocycles. The highest BCUT2D eigenvalue weighted by molar-refractivity contribution is 5.99. The summed E-state index contributed by atoms with van der Waals surface area (Å²) in [7, 11) is 0. The van der Waals surface area contributed by atoms with Crippen molar-refractivity contribution in [2.75, 3.05) is 6.61 Å². The molecule has 1 aliphatic rings. The van der Waals surface area contributed by atoms with Crippen LogP contribution in [0.4, 0.5) is 0 Å². The van der Waals surface area contributed by atoms with Crippen molar-refractivity contribution in [3.63, 3.8) is 0 Å². The SMILES string of the molecule is CCOC(=O)c1cccc(-c2ccc3c(n2)C(=O)CC3)c1. The molecular formula is C17H15NO3. The molecule has 1 aromatic carbocycles. The normalized spacial score (nSPS) is 13.1. The van der Waals surface area contributed by atoms with Gasteiger partial charge in [-0.2, -0.15) is 0 Å². The van der Waals surface area contributed by atoms with E-state index in [-0.39, 0.29) is 11.8 Å². The molecule has 0 spiro atoms. The number of carbonyl (C=O) groups excluding carboxylic acids is 2. The molecule has 4 heteroatoms. The smallest absolute Gasteiger partial charge is 0.338 e. The molecule has 1 aliphatic carbocycles. The van der Waals surface area contributed by atoms with E-state index in [1.54, 1.807) is 25.1 Å². The second-order valence-corrected chi connectivity index (χ2v) is 4.93. The van der Waals surface area contributed by atoms with Crippen molar-refractivity contribution in [2.24, 2.45) is 0 Å². The van der Waals surface area contributed by atoms with Gasteiger partial charge in [0.15, 0.2) is 5.78 Å². The van der Waals surface area contributed by atoms with Gasteiger partial charge < -0.3 is 4.74 Å². The minimum absolute atomic E-state index is 0.0911. The Morgan fingerprint density at radius 3 is 2.90 bits per heavy atom. The van der Waals surface area contributed by atoms with Gasteiger partial charge in [-0.05, 0) is 37.1 Å². The Morgan fingerprint density at radius 1 is 1.24 bits per heavy atom. The molecule has 0 saturated carbocycles. The molecule has 21 heavy (non-hydrogen) atoms. The highest BCUT2D eigenvalue weighted by Gasteiger charge is 2.21. The molecule has 4 nitrogen and oxygen atoms in total. The number of ether oxygens (including phenoxy) is 1. The lowest BCUT2D eigenvalue weighted by Gasteiger charge is -2.06. The Bertz CT molecular complexity index is 722. The molecule has 0 radical (unpaired) electrons. The van der Waals surface area contributed by atoms with Gasteiger partial charge in [-0.3, -0.25) is 4.79 Å². The first-order valence-corrected chi connectivity index (χ1v) is 6.99. The van der Waals surface area contributed by atoms with Crippen molar-refractivity contribution in [2.45, 2.75) is 19.8 Å². The number of ketones is 1. The number of Topliss-reactive ketones (excluding diaryl/α,β-unsaturated/α-hetero) is 1. The summed E-state index contributed by atoms with van der Waals surface area (Å²) in [6.45, 7) is 2.12. The van der Waals surface area contributed by atoms with Crippen molar-refractivity contribution in [1.29, 1.82) is 0 Å². The Morgan fingerprint density at radius 2 is 2.10 bits per heavy atom. The van der Waals surface area contributed by atoms with Crippen molar-refractivity contribution in [1.82, 2.24) is 4.98 Å². The number of pyridine rings is 1. The molecule has 0 amide bonds. The average Bonchev–Trinajstić information content (AvgIpc) is 2.89. The molecule has 0 unspecified atom stereocenters. The van der Waals surface area contributed by atoms with E-state index in [4.69, 9.17) is 4.74 Å². The van der Waals surface area contributed by atoms with Gasteiger partial charge in [-0.15, -0.1) is 0 Å². The highest BCUT2D eigenvalue weighted by atomic mass is 16.5. The summed E-state index contributed by atoms with van der Waals surface area (Å²) in [5.41, 5.74) is 3.57. The summed E-state index contributed by atoms with van der Waals surface area (Å²) in [5, 5.41) is 0. The van der Waals surface area contributed by atoms with Gasteiger partial charge in [0.25, 0.3) is 0 Å². The maximum Gasteiger partial charge on any atom is 0.338 e. The van der Waals surface area contributed by atoms with Crippen LogP contribution < -0.4 is 0 Å². The Labute approximate surface area is 122 Å². The van der Waals surface area contributed by atoms with Gasteiger partial charge in [0.1, 0.15) is 5.69 Å². The van der Waals surface area contributed by atoms with Crippen molar-refractivity contribution >= 4 is 11.8 Å². The fourth-order valence-corrected chi connectivity index (χ4v) is 2.48. The quantitative estimate of drug-likeness (QED) is 0.811. The summed E-state index contributed by atoms with van der Waals surface area (Å²) in [4.78, 5) is 28.0. The number of benzene rings is 1. The third kappa shape index (κ3) is 2.57. The standard InChI is InChI=1S/C17H15NO3/c1-2-21-17(20)13-5-3-4-12(10-13)14-8-6-11-7-9-15(19)16(11)18-14/h3-6,8,10H,2,7,9H2,1H3. The van der Waals surface area contributed by atoms with Crippen molar-refractivity contribution in [3.05, 3.63) is 53.2 Å². The number of aryl methyl sites for hydroxylation is 1. The number of rotatable bonds is 3. The summed E-state index contributed by atoms with van der Waals surface area (Å²) >= 11 is 0. The average molecular weight is 281 g/mol. The lowest BCUT2D eigenvalue weighted by atomic mass is 10.1. The molecule has 2 aromatic rings. The van der Waals surface area contributed by atoms with Crippen LogP contribution in [0.2, 0.25) is 0 Å². The zero-order valence-corrected chi connectivity index (χ0v) is 11.8. The first kappa shape index (κ1) is 13.5. The fraction of sp³-hybridized carbons (Fsp3) is 0.235. The van der Waals surface area contributed by atoms with E-state index >= 15 is 0 Å². The second-order valence-electron chi connectivity index (χ2n) is 4.93. The number of esters is 1. The van der Waals surface area contributed by atoms with Gasteiger partial charge in [-0.25, -0.2) is 9.78 Å². The maximum atomic E-state index is 11.8. The van der Waals surface area contributed by atoms with Crippen molar-refractivity contribution < 1.29 is 14.3 Å². The Hall–Kier alpha value is -2.49. The summed E-state index contributed by atoms with van der Waals surface area (Å²) in [5.74, 6) is -0.259. The van der Waals surface area contributed by atoms with E-state index in [0.717, 1.165) is 17.5 Å². The topological polar surface area (TPSA) is 56.3 Å². The molecule has 106 valence electrons. The number of hydrogen-bond acceptors (Lipinski definition) is 4. The predicted octanol–water partition coefficient (Wildman–Crippen LogP) is 3.05. The van der Waals surface area contributed by atoms with Gasteiger partial charge in [0.05, 0.1) is 17.9 Å². The van der Waals surface area contributed by atoms with E-state index in [1.807, 2.05) is 18.2 Å². The largest absolute Gasteiger partial charge is 0.462 e. The van der Waals surface area contributed by atoms with Crippen LogP contribution in [-0.2, 0) is 11.2 Å². The van der Waals surface area contributed by atoms with E-state index < -0.39 is 0 Å². The predicted molar refractivity (Wildman–Crippen MR) is 78.3 cm³/mol. The molecule has 0 aliphatic heterocycles. The minimum atomic E-state index is -0.350. The number of fused-ring (bicyclic) bond motifs is 1. The summed E-state index contributed by atoms with van der Waals surface area (Å²) < 4.78 is 5.00. The van der Waals surface area contributed by atoms with Crippen LogP contribution in [0, 0.1) is 0 Å². The first-order chi connectivity index (χ1) is 10.2. The summed E-state index contributed by atoms with van der Waals surface area (Å²) in [6, 6.07) is 10.9. The van der Waals surface area contributed by atoms with Crippen LogP contribution >= 0.6 is 0 Å². The molecule has 1 aromatic heterocycles. The monoisotopic (exact) mass is 281 g/mol. The third-order valence-electron chi connectivity index (χ3n) is 3.53. The lowest BCUT2D eigenvalue weighted by Crippen LogP contribution is -2.04. The Balaban J connectivity index is 1.98. The highest BCUT2D eigenvalue weighted by Crippen LogP contribution is 2.25. The van der Waals surface area contributed by atoms with E-state index in [9.17, 15) is 9.59 Å². The van der Waals surface area contributed by atoms with E-state index in [1.165, 1.54) is 0 Å². The van der Waals surface area contributed by atoms with Gasteiger partial charge >= 0.3 is 5.97 Å². The van der Waals surface area contributed by atoms with Crippen LogP contribution in [0.3, 0.4) is 0 Å². The third-order valence-corrected chi connectivity index (χ3v) is 3.53. The van der Waals surface area contributed by atoms with Crippen LogP contribution in [0.5, 0.6) is 0 Å². The zero-order valence-electron chi connectivity index (χ0n) is 11.8. The molecular weight excluding hydrogens is 266 g/mol. The molecule has 0 saturated heterocycles.